The normalized spacial score (nSPS) is 10.2. The average molecular weight is 276 g/mol. The van der Waals surface area contributed by atoms with Crippen LogP contribution in [0.2, 0.25) is 0 Å². The van der Waals surface area contributed by atoms with E-state index in [-0.39, 0.29) is 11.6 Å². The minimum absolute atomic E-state index is 0.257. The summed E-state index contributed by atoms with van der Waals surface area (Å²) in [5, 5.41) is 2.74. The average Bonchev–Trinajstić information content (AvgIpc) is 2.77. The molecule has 1 N–H and O–H groups in total. The van der Waals surface area contributed by atoms with Crippen molar-refractivity contribution in [3.8, 4) is 11.5 Å². The van der Waals surface area contributed by atoms with Gasteiger partial charge in [-0.25, -0.2) is 4.98 Å². The Balaban J connectivity index is 2.29. The van der Waals surface area contributed by atoms with Gasteiger partial charge in [-0.3, -0.25) is 4.79 Å². The number of anilines is 1. The molecule has 2 rings (SSSR count). The van der Waals surface area contributed by atoms with Gasteiger partial charge in [0, 0.05) is 13.0 Å². The van der Waals surface area contributed by atoms with E-state index in [4.69, 9.17) is 13.9 Å². The second-order valence-corrected chi connectivity index (χ2v) is 4.16. The van der Waals surface area contributed by atoms with Crippen LogP contribution in [0.5, 0.6) is 11.5 Å². The molecule has 0 bridgehead atoms. The standard InChI is InChI=1S/C14H16N2O4/c1-8-13(15-9(2)20-8)14(17)16-11-7-10(18-3)5-6-12(11)19-4/h5-7H,1-4H3,(H,16,17). The molecule has 0 saturated carbocycles. The zero-order valence-electron chi connectivity index (χ0n) is 11.8. The van der Waals surface area contributed by atoms with Crippen molar-refractivity contribution in [2.45, 2.75) is 13.8 Å². The summed E-state index contributed by atoms with van der Waals surface area (Å²) >= 11 is 0. The van der Waals surface area contributed by atoms with Crippen molar-refractivity contribution >= 4 is 11.6 Å². The highest BCUT2D eigenvalue weighted by molar-refractivity contribution is 6.04. The molecule has 0 fully saturated rings. The maximum Gasteiger partial charge on any atom is 0.278 e. The van der Waals surface area contributed by atoms with Crippen molar-refractivity contribution in [3.05, 3.63) is 35.5 Å². The van der Waals surface area contributed by atoms with Gasteiger partial charge in [0.1, 0.15) is 17.3 Å². The molecule has 2 aromatic rings. The van der Waals surface area contributed by atoms with E-state index in [1.807, 2.05) is 0 Å². The summed E-state index contributed by atoms with van der Waals surface area (Å²) < 4.78 is 15.6. The number of oxazole rings is 1. The van der Waals surface area contributed by atoms with Crippen LogP contribution in [-0.4, -0.2) is 25.1 Å². The molecule has 0 atom stereocenters. The van der Waals surface area contributed by atoms with Gasteiger partial charge < -0.3 is 19.2 Å². The first-order chi connectivity index (χ1) is 9.55. The molecule has 6 heteroatoms. The van der Waals surface area contributed by atoms with E-state index in [9.17, 15) is 4.79 Å². The molecule has 0 aliphatic carbocycles. The quantitative estimate of drug-likeness (QED) is 0.929. The number of ether oxygens (including phenoxy) is 2. The minimum Gasteiger partial charge on any atom is -0.497 e. The molecule has 0 spiro atoms. The zero-order chi connectivity index (χ0) is 14.7. The fraction of sp³-hybridized carbons (Fsp3) is 0.286. The topological polar surface area (TPSA) is 73.6 Å². The first kappa shape index (κ1) is 13.9. The Labute approximate surface area is 116 Å². The highest BCUT2D eigenvalue weighted by Gasteiger charge is 2.17. The molecule has 0 unspecified atom stereocenters. The Morgan fingerprint density at radius 2 is 2.00 bits per heavy atom. The lowest BCUT2D eigenvalue weighted by atomic mass is 10.2. The van der Waals surface area contributed by atoms with E-state index < -0.39 is 0 Å². The molecule has 20 heavy (non-hydrogen) atoms. The van der Waals surface area contributed by atoms with E-state index in [1.54, 1.807) is 39.2 Å². The van der Waals surface area contributed by atoms with E-state index >= 15 is 0 Å². The molecule has 0 aliphatic heterocycles. The fourth-order valence-corrected chi connectivity index (χ4v) is 1.83. The van der Waals surface area contributed by atoms with Crippen molar-refractivity contribution in [2.75, 3.05) is 19.5 Å². The lowest BCUT2D eigenvalue weighted by molar-refractivity contribution is 0.102. The van der Waals surface area contributed by atoms with Crippen molar-refractivity contribution < 1.29 is 18.7 Å². The third kappa shape index (κ3) is 2.74. The van der Waals surface area contributed by atoms with Gasteiger partial charge in [-0.15, -0.1) is 0 Å². The first-order valence-electron chi connectivity index (χ1n) is 6.02. The molecule has 1 aromatic heterocycles. The third-order valence-corrected chi connectivity index (χ3v) is 2.77. The van der Waals surface area contributed by atoms with Gasteiger partial charge in [-0.2, -0.15) is 0 Å². The van der Waals surface area contributed by atoms with Gasteiger partial charge in [0.2, 0.25) is 0 Å². The Bertz CT molecular complexity index is 634. The number of carbonyl (C=O) groups is 1. The summed E-state index contributed by atoms with van der Waals surface area (Å²) in [7, 11) is 3.08. The van der Waals surface area contributed by atoms with Crippen LogP contribution in [0.1, 0.15) is 22.1 Å². The number of rotatable bonds is 4. The predicted molar refractivity (Wildman–Crippen MR) is 73.5 cm³/mol. The first-order valence-corrected chi connectivity index (χ1v) is 6.02. The lowest BCUT2D eigenvalue weighted by Crippen LogP contribution is -2.14. The van der Waals surface area contributed by atoms with E-state index in [1.165, 1.54) is 7.11 Å². The molecule has 106 valence electrons. The summed E-state index contributed by atoms with van der Waals surface area (Å²) in [6.45, 7) is 3.38. The van der Waals surface area contributed by atoms with E-state index in [2.05, 4.69) is 10.3 Å². The number of amides is 1. The van der Waals surface area contributed by atoms with Crippen LogP contribution in [0.25, 0.3) is 0 Å². The number of aryl methyl sites for hydroxylation is 2. The number of carbonyl (C=O) groups excluding carboxylic acids is 1. The Hall–Kier alpha value is -2.50. The minimum atomic E-state index is -0.356. The van der Waals surface area contributed by atoms with Crippen LogP contribution in [-0.2, 0) is 0 Å². The number of hydrogen-bond donors (Lipinski definition) is 1. The summed E-state index contributed by atoms with van der Waals surface area (Å²) in [5.41, 5.74) is 0.768. The molecular formula is C14H16N2O4. The van der Waals surface area contributed by atoms with E-state index in [0.717, 1.165) is 0 Å². The van der Waals surface area contributed by atoms with Gasteiger partial charge in [0.05, 0.1) is 19.9 Å². The van der Waals surface area contributed by atoms with Crippen LogP contribution < -0.4 is 14.8 Å². The molecule has 1 heterocycles. The summed E-state index contributed by atoms with van der Waals surface area (Å²) in [5.74, 6) is 1.73. The number of aromatic nitrogens is 1. The smallest absolute Gasteiger partial charge is 0.278 e. The van der Waals surface area contributed by atoms with Crippen molar-refractivity contribution in [3.63, 3.8) is 0 Å². The molecule has 6 nitrogen and oxygen atoms in total. The highest BCUT2D eigenvalue weighted by atomic mass is 16.5. The number of nitrogens with zero attached hydrogens (tertiary/aromatic N) is 1. The van der Waals surface area contributed by atoms with Gasteiger partial charge >= 0.3 is 0 Å². The Kier molecular flexibility index (Phi) is 3.93. The van der Waals surface area contributed by atoms with E-state index in [0.29, 0.717) is 28.8 Å². The molecule has 0 radical (unpaired) electrons. The van der Waals surface area contributed by atoms with Gasteiger partial charge in [0.25, 0.3) is 5.91 Å². The lowest BCUT2D eigenvalue weighted by Gasteiger charge is -2.11. The Morgan fingerprint density at radius 1 is 1.25 bits per heavy atom. The summed E-state index contributed by atoms with van der Waals surface area (Å²) in [4.78, 5) is 16.2. The number of benzene rings is 1. The van der Waals surface area contributed by atoms with Gasteiger partial charge in [0.15, 0.2) is 11.6 Å². The van der Waals surface area contributed by atoms with Crippen LogP contribution in [0.4, 0.5) is 5.69 Å². The number of hydrogen-bond acceptors (Lipinski definition) is 5. The van der Waals surface area contributed by atoms with Crippen LogP contribution in [0, 0.1) is 13.8 Å². The maximum absolute atomic E-state index is 12.2. The van der Waals surface area contributed by atoms with Crippen molar-refractivity contribution in [2.24, 2.45) is 0 Å². The molecule has 0 aliphatic rings. The number of methoxy groups -OCH3 is 2. The summed E-state index contributed by atoms with van der Waals surface area (Å²) in [6, 6.07) is 5.15. The molecular weight excluding hydrogens is 260 g/mol. The zero-order valence-corrected chi connectivity index (χ0v) is 11.8. The largest absolute Gasteiger partial charge is 0.497 e. The molecule has 0 saturated heterocycles. The second-order valence-electron chi connectivity index (χ2n) is 4.16. The molecule has 1 aromatic carbocycles. The van der Waals surface area contributed by atoms with Crippen LogP contribution >= 0.6 is 0 Å². The number of nitrogens with one attached hydrogen (secondary N) is 1. The second kappa shape index (κ2) is 5.64. The Morgan fingerprint density at radius 3 is 2.55 bits per heavy atom. The third-order valence-electron chi connectivity index (χ3n) is 2.77. The molecule has 1 amide bonds. The maximum atomic E-state index is 12.2. The van der Waals surface area contributed by atoms with Crippen LogP contribution in [0.3, 0.4) is 0 Å². The highest BCUT2D eigenvalue weighted by Crippen LogP contribution is 2.29. The van der Waals surface area contributed by atoms with Crippen molar-refractivity contribution in [1.29, 1.82) is 0 Å². The van der Waals surface area contributed by atoms with Gasteiger partial charge in [-0.05, 0) is 19.1 Å². The van der Waals surface area contributed by atoms with Gasteiger partial charge in [-0.1, -0.05) is 0 Å². The van der Waals surface area contributed by atoms with Crippen molar-refractivity contribution in [1.82, 2.24) is 4.98 Å². The predicted octanol–water partition coefficient (Wildman–Crippen LogP) is 2.56. The fourth-order valence-electron chi connectivity index (χ4n) is 1.83. The SMILES string of the molecule is COc1ccc(OC)c(NC(=O)c2nc(C)oc2C)c1. The summed E-state index contributed by atoms with van der Waals surface area (Å²) in [6.07, 6.45) is 0. The monoisotopic (exact) mass is 276 g/mol. The van der Waals surface area contributed by atoms with Crippen LogP contribution in [0.15, 0.2) is 22.6 Å².